The predicted molar refractivity (Wildman–Crippen MR) is 80.3 cm³/mol. The van der Waals surface area contributed by atoms with E-state index in [1.165, 1.54) is 0 Å². The largest absolute Gasteiger partial charge is 0.351 e. The summed E-state index contributed by atoms with van der Waals surface area (Å²) in [6.45, 7) is 4.29. The van der Waals surface area contributed by atoms with E-state index in [-0.39, 0.29) is 24.4 Å². The Kier molecular flexibility index (Phi) is 5.79. The van der Waals surface area contributed by atoms with Gasteiger partial charge in [0.15, 0.2) is 0 Å². The van der Waals surface area contributed by atoms with E-state index >= 15 is 0 Å². The topological polar surface area (TPSA) is 87.5 Å². The van der Waals surface area contributed by atoms with Crippen LogP contribution in [0.1, 0.15) is 17.3 Å². The zero-order valence-corrected chi connectivity index (χ0v) is 12.1. The summed E-state index contributed by atoms with van der Waals surface area (Å²) in [5.74, 6) is -0.0258. The van der Waals surface area contributed by atoms with Crippen LogP contribution in [0.4, 0.5) is 10.5 Å². The molecule has 1 fully saturated rings. The number of carbonyl (C=O) groups is 2. The summed E-state index contributed by atoms with van der Waals surface area (Å²) >= 11 is 0. The van der Waals surface area contributed by atoms with Crippen molar-refractivity contribution in [2.24, 2.45) is 5.73 Å². The van der Waals surface area contributed by atoms with Crippen molar-refractivity contribution >= 4 is 30.0 Å². The van der Waals surface area contributed by atoms with Crippen LogP contribution in [0.25, 0.3) is 0 Å². The highest BCUT2D eigenvalue weighted by Gasteiger charge is 2.24. The third-order valence-corrected chi connectivity index (χ3v) is 3.14. The number of nitrogens with one attached hydrogen (secondary N) is 2. The number of rotatable bonds is 2. The van der Waals surface area contributed by atoms with Crippen LogP contribution in [0, 0.1) is 0 Å². The fourth-order valence-electron chi connectivity index (χ4n) is 2.18. The number of carbonyl (C=O) groups excluding carboxylic acids is 2. The van der Waals surface area contributed by atoms with Gasteiger partial charge < -0.3 is 21.3 Å². The average molecular weight is 299 g/mol. The Balaban J connectivity index is 0.00000200. The van der Waals surface area contributed by atoms with Gasteiger partial charge in [0.2, 0.25) is 0 Å². The molecule has 1 unspecified atom stereocenters. The molecule has 1 aromatic carbocycles. The molecule has 3 amide bonds. The molecule has 1 heterocycles. The number of urea groups is 1. The second-order valence-electron chi connectivity index (χ2n) is 4.62. The first-order valence-corrected chi connectivity index (χ1v) is 6.26. The van der Waals surface area contributed by atoms with Gasteiger partial charge in [0.05, 0.1) is 0 Å². The molecule has 2 rings (SSSR count). The van der Waals surface area contributed by atoms with Crippen molar-refractivity contribution in [3.63, 3.8) is 0 Å². The van der Waals surface area contributed by atoms with E-state index in [0.29, 0.717) is 17.8 Å². The number of piperazine rings is 1. The Labute approximate surface area is 124 Å². The molecule has 110 valence electrons. The molecule has 1 saturated heterocycles. The minimum absolute atomic E-state index is 0. The Hall–Kier alpha value is -1.79. The number of benzene rings is 1. The molecule has 1 aliphatic heterocycles. The molecule has 0 bridgehead atoms. The Morgan fingerprint density at radius 1 is 1.45 bits per heavy atom. The van der Waals surface area contributed by atoms with Crippen molar-refractivity contribution < 1.29 is 9.59 Å². The van der Waals surface area contributed by atoms with Gasteiger partial charge in [-0.05, 0) is 25.1 Å². The summed E-state index contributed by atoms with van der Waals surface area (Å²) in [7, 11) is 0. The number of halogens is 1. The molecule has 0 aliphatic carbocycles. The van der Waals surface area contributed by atoms with E-state index < -0.39 is 6.03 Å². The number of nitrogens with zero attached hydrogens (tertiary/aromatic N) is 1. The van der Waals surface area contributed by atoms with Gasteiger partial charge in [0.25, 0.3) is 5.91 Å². The van der Waals surface area contributed by atoms with Crippen LogP contribution in [-0.2, 0) is 0 Å². The van der Waals surface area contributed by atoms with Crippen LogP contribution >= 0.6 is 12.4 Å². The van der Waals surface area contributed by atoms with Gasteiger partial charge in [-0.2, -0.15) is 0 Å². The monoisotopic (exact) mass is 298 g/mol. The number of nitrogens with two attached hydrogens (primary N) is 1. The van der Waals surface area contributed by atoms with Crippen molar-refractivity contribution in [2.45, 2.75) is 13.0 Å². The lowest BCUT2D eigenvalue weighted by Crippen LogP contribution is -2.52. The number of primary amides is 1. The van der Waals surface area contributed by atoms with Gasteiger partial charge in [-0.25, -0.2) is 4.79 Å². The molecule has 4 N–H and O–H groups in total. The fourth-order valence-corrected chi connectivity index (χ4v) is 2.18. The van der Waals surface area contributed by atoms with Crippen molar-refractivity contribution in [3.05, 3.63) is 29.8 Å². The average Bonchev–Trinajstić information content (AvgIpc) is 2.38. The highest BCUT2D eigenvalue weighted by molar-refractivity contribution is 5.96. The summed E-state index contributed by atoms with van der Waals surface area (Å²) in [5.41, 5.74) is 6.15. The Bertz CT molecular complexity index is 495. The third-order valence-electron chi connectivity index (χ3n) is 3.14. The van der Waals surface area contributed by atoms with Crippen molar-refractivity contribution in [1.29, 1.82) is 0 Å². The Morgan fingerprint density at radius 2 is 2.20 bits per heavy atom. The molecule has 6 nitrogen and oxygen atoms in total. The molecule has 1 aliphatic rings. The normalized spacial score (nSPS) is 18.1. The number of hydrogen-bond donors (Lipinski definition) is 3. The minimum Gasteiger partial charge on any atom is -0.351 e. The van der Waals surface area contributed by atoms with E-state index in [4.69, 9.17) is 5.73 Å². The Morgan fingerprint density at radius 3 is 2.85 bits per heavy atom. The van der Waals surface area contributed by atoms with E-state index in [9.17, 15) is 9.59 Å². The number of anilines is 1. The third kappa shape index (κ3) is 3.85. The lowest BCUT2D eigenvalue weighted by molar-refractivity contribution is 0.0656. The number of hydrogen-bond acceptors (Lipinski definition) is 3. The van der Waals surface area contributed by atoms with Crippen LogP contribution in [0.5, 0.6) is 0 Å². The van der Waals surface area contributed by atoms with Crippen molar-refractivity contribution in [3.8, 4) is 0 Å². The van der Waals surface area contributed by atoms with Crippen LogP contribution in [0.3, 0.4) is 0 Å². The maximum absolute atomic E-state index is 12.4. The quantitative estimate of drug-likeness (QED) is 0.762. The molecule has 0 radical (unpaired) electrons. The van der Waals surface area contributed by atoms with Crippen molar-refractivity contribution in [2.75, 3.05) is 25.0 Å². The highest BCUT2D eigenvalue weighted by atomic mass is 35.5. The van der Waals surface area contributed by atoms with E-state index in [2.05, 4.69) is 10.6 Å². The maximum Gasteiger partial charge on any atom is 0.316 e. The van der Waals surface area contributed by atoms with E-state index in [1.807, 2.05) is 11.8 Å². The number of amides is 3. The fraction of sp³-hybridized carbons (Fsp3) is 0.385. The summed E-state index contributed by atoms with van der Waals surface area (Å²) in [4.78, 5) is 25.0. The lowest BCUT2D eigenvalue weighted by Gasteiger charge is -2.34. The first-order valence-electron chi connectivity index (χ1n) is 6.26. The molecule has 0 aromatic heterocycles. The minimum atomic E-state index is -0.639. The van der Waals surface area contributed by atoms with Gasteiger partial charge >= 0.3 is 6.03 Å². The molecule has 1 atom stereocenters. The predicted octanol–water partition coefficient (Wildman–Crippen LogP) is 1.03. The second-order valence-corrected chi connectivity index (χ2v) is 4.62. The van der Waals surface area contributed by atoms with Crippen LogP contribution in [-0.4, -0.2) is 42.5 Å². The molecule has 0 saturated carbocycles. The van der Waals surface area contributed by atoms with Gasteiger partial charge in [0.1, 0.15) is 0 Å². The first-order chi connectivity index (χ1) is 9.08. The van der Waals surface area contributed by atoms with Gasteiger partial charge in [-0.1, -0.05) is 6.07 Å². The van der Waals surface area contributed by atoms with Crippen LogP contribution < -0.4 is 16.4 Å². The summed E-state index contributed by atoms with van der Waals surface area (Å²) in [6, 6.07) is 6.33. The molecular formula is C13H19ClN4O2. The maximum atomic E-state index is 12.4. The highest BCUT2D eigenvalue weighted by Crippen LogP contribution is 2.15. The zero-order valence-electron chi connectivity index (χ0n) is 11.3. The van der Waals surface area contributed by atoms with Crippen LogP contribution in [0.15, 0.2) is 24.3 Å². The summed E-state index contributed by atoms with van der Waals surface area (Å²) in [5, 5.41) is 5.71. The lowest BCUT2D eigenvalue weighted by atomic mass is 10.1. The second kappa shape index (κ2) is 7.12. The first kappa shape index (κ1) is 16.3. The van der Waals surface area contributed by atoms with E-state index in [0.717, 1.165) is 13.1 Å². The molecule has 0 spiro atoms. The molecule has 7 heteroatoms. The van der Waals surface area contributed by atoms with E-state index in [1.54, 1.807) is 24.3 Å². The molecule has 20 heavy (non-hydrogen) atoms. The summed E-state index contributed by atoms with van der Waals surface area (Å²) < 4.78 is 0. The SMILES string of the molecule is CC1CNCCN1C(=O)c1cccc(NC(N)=O)c1.Cl. The van der Waals surface area contributed by atoms with Crippen molar-refractivity contribution in [1.82, 2.24) is 10.2 Å². The molecule has 1 aromatic rings. The zero-order chi connectivity index (χ0) is 13.8. The van der Waals surface area contributed by atoms with Gasteiger partial charge in [0, 0.05) is 36.9 Å². The molecular weight excluding hydrogens is 280 g/mol. The van der Waals surface area contributed by atoms with Gasteiger partial charge in [-0.3, -0.25) is 4.79 Å². The standard InChI is InChI=1S/C13H18N4O2.ClH/c1-9-8-15-5-6-17(9)12(18)10-3-2-4-11(7-10)16-13(14)19;/h2-4,7,9,15H,5-6,8H2,1H3,(H3,14,16,19);1H. The smallest absolute Gasteiger partial charge is 0.316 e. The van der Waals surface area contributed by atoms with Gasteiger partial charge in [-0.15, -0.1) is 12.4 Å². The van der Waals surface area contributed by atoms with Crippen LogP contribution in [0.2, 0.25) is 0 Å². The summed E-state index contributed by atoms with van der Waals surface area (Å²) in [6.07, 6.45) is 0.